The van der Waals surface area contributed by atoms with Crippen LogP contribution in [0.2, 0.25) is 0 Å². The molecule has 6 nitrogen and oxygen atoms in total. The van der Waals surface area contributed by atoms with Gasteiger partial charge in [0.25, 0.3) is 0 Å². The van der Waals surface area contributed by atoms with E-state index in [1.54, 1.807) is 24.3 Å². The molecule has 0 aliphatic carbocycles. The Kier molecular flexibility index (Phi) is 7.04. The van der Waals surface area contributed by atoms with Crippen molar-refractivity contribution in [2.24, 2.45) is 5.92 Å². The second-order valence-corrected chi connectivity index (χ2v) is 5.93. The van der Waals surface area contributed by atoms with Crippen molar-refractivity contribution in [3.8, 4) is 11.8 Å². The number of carbonyl (C=O) groups excluding carboxylic acids is 1. The molecule has 1 heterocycles. The molecule has 130 valence electrons. The summed E-state index contributed by atoms with van der Waals surface area (Å²) in [6.45, 7) is 4.51. The lowest BCUT2D eigenvalue weighted by molar-refractivity contribution is -0.149. The van der Waals surface area contributed by atoms with E-state index < -0.39 is 6.10 Å². The fraction of sp³-hybridized carbons (Fsp3) is 0.556. The molecule has 1 N–H and O–H groups in total. The molecule has 1 saturated heterocycles. The minimum absolute atomic E-state index is 0.0201. The number of rotatable bonds is 7. The van der Waals surface area contributed by atoms with Gasteiger partial charge < -0.3 is 19.5 Å². The fourth-order valence-electron chi connectivity index (χ4n) is 2.78. The predicted octanol–water partition coefficient (Wildman–Crippen LogP) is 1.57. The highest BCUT2D eigenvalue weighted by Crippen LogP contribution is 2.19. The van der Waals surface area contributed by atoms with E-state index in [1.165, 1.54) is 0 Å². The van der Waals surface area contributed by atoms with Crippen molar-refractivity contribution in [1.82, 2.24) is 4.90 Å². The second kappa shape index (κ2) is 9.26. The average molecular weight is 332 g/mol. The van der Waals surface area contributed by atoms with Crippen molar-refractivity contribution in [3.05, 3.63) is 29.8 Å². The van der Waals surface area contributed by atoms with Crippen molar-refractivity contribution >= 4 is 5.97 Å². The van der Waals surface area contributed by atoms with E-state index in [-0.39, 0.29) is 18.5 Å². The van der Waals surface area contributed by atoms with Gasteiger partial charge in [-0.1, -0.05) is 0 Å². The lowest BCUT2D eigenvalue weighted by Crippen LogP contribution is -2.42. The molecule has 0 spiro atoms. The van der Waals surface area contributed by atoms with Crippen molar-refractivity contribution in [2.75, 3.05) is 32.8 Å². The lowest BCUT2D eigenvalue weighted by atomic mass is 9.97. The van der Waals surface area contributed by atoms with Gasteiger partial charge in [-0.3, -0.25) is 4.79 Å². The molecule has 0 radical (unpaired) electrons. The van der Waals surface area contributed by atoms with Crippen LogP contribution in [0.1, 0.15) is 25.3 Å². The number of nitrogens with zero attached hydrogens (tertiary/aromatic N) is 2. The molecular formula is C18H24N2O4. The molecule has 1 fully saturated rings. The van der Waals surface area contributed by atoms with Gasteiger partial charge in [0.1, 0.15) is 18.5 Å². The summed E-state index contributed by atoms with van der Waals surface area (Å²) in [5, 5.41) is 18.9. The maximum Gasteiger partial charge on any atom is 0.309 e. The third-order valence-electron chi connectivity index (χ3n) is 4.10. The number of nitriles is 1. The third-order valence-corrected chi connectivity index (χ3v) is 4.10. The van der Waals surface area contributed by atoms with Crippen molar-refractivity contribution < 1.29 is 19.4 Å². The van der Waals surface area contributed by atoms with E-state index in [2.05, 4.69) is 4.90 Å². The molecule has 1 aromatic carbocycles. The number of benzene rings is 1. The number of hydrogen-bond donors (Lipinski definition) is 1. The van der Waals surface area contributed by atoms with Crippen LogP contribution < -0.4 is 4.74 Å². The van der Waals surface area contributed by atoms with E-state index in [0.717, 1.165) is 25.9 Å². The number of likely N-dealkylation sites (tertiary alicyclic amines) is 1. The van der Waals surface area contributed by atoms with Gasteiger partial charge in [0, 0.05) is 6.54 Å². The highest BCUT2D eigenvalue weighted by atomic mass is 16.5. The van der Waals surface area contributed by atoms with Crippen LogP contribution in [0.3, 0.4) is 0 Å². The maximum absolute atomic E-state index is 11.7. The van der Waals surface area contributed by atoms with Crippen molar-refractivity contribution in [2.45, 2.75) is 25.9 Å². The van der Waals surface area contributed by atoms with Gasteiger partial charge >= 0.3 is 5.97 Å². The number of β-amino-alcohol motifs (C(OH)–C–C–N with tert-alkyl or cyclic N) is 1. The molecule has 1 aliphatic heterocycles. The Morgan fingerprint density at radius 2 is 2.04 bits per heavy atom. The predicted molar refractivity (Wildman–Crippen MR) is 88.5 cm³/mol. The summed E-state index contributed by atoms with van der Waals surface area (Å²) in [6, 6.07) is 8.85. The number of hydrogen-bond acceptors (Lipinski definition) is 6. The van der Waals surface area contributed by atoms with Crippen LogP contribution in [0.25, 0.3) is 0 Å². The first-order valence-corrected chi connectivity index (χ1v) is 8.32. The molecule has 24 heavy (non-hydrogen) atoms. The standard InChI is InChI=1S/C18H24N2O4/c1-2-23-18(22)15-7-9-20(10-8-15)12-16(21)13-24-17-5-3-14(11-19)4-6-17/h3-6,15-16,21H,2,7-10,12-13H2,1H3. The fourth-order valence-corrected chi connectivity index (χ4v) is 2.78. The van der Waals surface area contributed by atoms with Crippen molar-refractivity contribution in [1.29, 1.82) is 5.26 Å². The Labute approximate surface area is 142 Å². The van der Waals surface area contributed by atoms with Crippen LogP contribution in [0, 0.1) is 17.2 Å². The van der Waals surface area contributed by atoms with Gasteiger partial charge in [-0.15, -0.1) is 0 Å². The summed E-state index contributed by atoms with van der Waals surface area (Å²) in [6.07, 6.45) is 0.934. The number of aliphatic hydroxyl groups excluding tert-OH is 1. The van der Waals surface area contributed by atoms with Crippen LogP contribution in [0.15, 0.2) is 24.3 Å². The number of ether oxygens (including phenoxy) is 2. The Bertz CT molecular complexity index is 559. The summed E-state index contributed by atoms with van der Waals surface area (Å²) >= 11 is 0. The molecular weight excluding hydrogens is 308 g/mol. The summed E-state index contributed by atoms with van der Waals surface area (Å²) < 4.78 is 10.6. The zero-order valence-corrected chi connectivity index (χ0v) is 14.0. The first-order chi connectivity index (χ1) is 11.6. The average Bonchev–Trinajstić information content (AvgIpc) is 2.61. The lowest BCUT2D eigenvalue weighted by Gasteiger charge is -2.32. The maximum atomic E-state index is 11.7. The van der Waals surface area contributed by atoms with Gasteiger partial charge in [0.15, 0.2) is 0 Å². The van der Waals surface area contributed by atoms with Crippen LogP contribution in [-0.4, -0.2) is 54.9 Å². The SMILES string of the molecule is CCOC(=O)C1CCN(CC(O)COc2ccc(C#N)cc2)CC1. The van der Waals surface area contributed by atoms with E-state index in [4.69, 9.17) is 14.7 Å². The van der Waals surface area contributed by atoms with Crippen LogP contribution in [0.5, 0.6) is 5.75 Å². The van der Waals surface area contributed by atoms with E-state index >= 15 is 0 Å². The van der Waals surface area contributed by atoms with Crippen molar-refractivity contribution in [3.63, 3.8) is 0 Å². The van der Waals surface area contributed by atoms with Crippen LogP contribution in [-0.2, 0) is 9.53 Å². The number of esters is 1. The number of aliphatic hydroxyl groups is 1. The van der Waals surface area contributed by atoms with E-state index in [1.807, 2.05) is 13.0 Å². The quantitative estimate of drug-likeness (QED) is 0.763. The molecule has 0 aromatic heterocycles. The third kappa shape index (κ3) is 5.52. The first-order valence-electron chi connectivity index (χ1n) is 8.32. The van der Waals surface area contributed by atoms with Gasteiger partial charge in [0.05, 0.1) is 24.2 Å². The van der Waals surface area contributed by atoms with Gasteiger partial charge in [-0.2, -0.15) is 5.26 Å². The Balaban J connectivity index is 1.68. The molecule has 0 amide bonds. The summed E-state index contributed by atoms with van der Waals surface area (Å²) in [5.74, 6) is 0.504. The van der Waals surface area contributed by atoms with E-state index in [0.29, 0.717) is 24.5 Å². The summed E-state index contributed by atoms with van der Waals surface area (Å²) in [7, 11) is 0. The molecule has 1 unspecified atom stereocenters. The molecule has 0 saturated carbocycles. The number of piperidine rings is 1. The van der Waals surface area contributed by atoms with Gasteiger partial charge in [0.2, 0.25) is 0 Å². The zero-order valence-electron chi connectivity index (χ0n) is 14.0. The highest BCUT2D eigenvalue weighted by Gasteiger charge is 2.26. The molecule has 1 aliphatic rings. The molecule has 0 bridgehead atoms. The van der Waals surface area contributed by atoms with Crippen LogP contribution in [0.4, 0.5) is 0 Å². The zero-order chi connectivity index (χ0) is 17.4. The molecule has 6 heteroatoms. The smallest absolute Gasteiger partial charge is 0.309 e. The minimum atomic E-state index is -0.597. The summed E-state index contributed by atoms with van der Waals surface area (Å²) in [4.78, 5) is 13.8. The minimum Gasteiger partial charge on any atom is -0.491 e. The second-order valence-electron chi connectivity index (χ2n) is 5.93. The monoisotopic (exact) mass is 332 g/mol. The Morgan fingerprint density at radius 3 is 2.62 bits per heavy atom. The van der Waals surface area contributed by atoms with Gasteiger partial charge in [-0.25, -0.2) is 0 Å². The molecule has 2 rings (SSSR count). The normalized spacial score (nSPS) is 17.0. The van der Waals surface area contributed by atoms with E-state index in [9.17, 15) is 9.90 Å². The summed E-state index contributed by atoms with van der Waals surface area (Å²) in [5.41, 5.74) is 0.576. The first kappa shape index (κ1) is 18.2. The number of carbonyl (C=O) groups is 1. The Morgan fingerprint density at radius 1 is 1.38 bits per heavy atom. The largest absolute Gasteiger partial charge is 0.491 e. The van der Waals surface area contributed by atoms with Gasteiger partial charge in [-0.05, 0) is 57.1 Å². The van der Waals surface area contributed by atoms with Crippen LogP contribution >= 0.6 is 0 Å². The highest BCUT2D eigenvalue weighted by molar-refractivity contribution is 5.72. The Hall–Kier alpha value is -2.10. The topological polar surface area (TPSA) is 82.8 Å². The molecule has 1 aromatic rings. The molecule has 1 atom stereocenters.